The summed E-state index contributed by atoms with van der Waals surface area (Å²) in [6.07, 6.45) is 1.01. The van der Waals surface area contributed by atoms with Crippen molar-refractivity contribution in [1.82, 2.24) is 20.2 Å². The van der Waals surface area contributed by atoms with Crippen LogP contribution in [-0.4, -0.2) is 20.2 Å². The van der Waals surface area contributed by atoms with E-state index in [1.54, 1.807) is 10.7 Å². The highest BCUT2D eigenvalue weighted by Crippen LogP contribution is 2.30. The molecule has 1 aromatic heterocycles. The second-order valence-electron chi connectivity index (χ2n) is 4.62. The maximum absolute atomic E-state index is 6.19. The third kappa shape index (κ3) is 2.61. The molecule has 1 heterocycles. The molecule has 96 valence electrons. The van der Waals surface area contributed by atoms with Crippen LogP contribution in [0.4, 0.5) is 5.69 Å². The highest BCUT2D eigenvalue weighted by Gasteiger charge is 2.13. The second-order valence-corrected chi connectivity index (χ2v) is 4.99. The van der Waals surface area contributed by atoms with Crippen molar-refractivity contribution in [3.63, 3.8) is 0 Å². The summed E-state index contributed by atoms with van der Waals surface area (Å²) in [4.78, 5) is 0. The van der Waals surface area contributed by atoms with Crippen LogP contribution in [0.15, 0.2) is 18.2 Å². The van der Waals surface area contributed by atoms with Crippen LogP contribution in [0.3, 0.4) is 0 Å². The van der Waals surface area contributed by atoms with Crippen LogP contribution in [0.25, 0.3) is 11.4 Å². The van der Waals surface area contributed by atoms with Crippen molar-refractivity contribution in [2.45, 2.75) is 26.8 Å². The molecule has 2 rings (SSSR count). The van der Waals surface area contributed by atoms with Crippen LogP contribution in [0, 0.1) is 5.92 Å². The molecule has 1 aromatic carbocycles. The minimum absolute atomic E-state index is 0.498. The Morgan fingerprint density at radius 1 is 1.39 bits per heavy atom. The Morgan fingerprint density at radius 2 is 2.17 bits per heavy atom. The number of anilines is 1. The van der Waals surface area contributed by atoms with Crippen LogP contribution < -0.4 is 5.73 Å². The molecule has 0 saturated carbocycles. The predicted octanol–water partition coefficient (Wildman–Crippen LogP) is 2.62. The van der Waals surface area contributed by atoms with Gasteiger partial charge < -0.3 is 5.73 Å². The molecule has 5 nitrogen and oxygen atoms in total. The van der Waals surface area contributed by atoms with Gasteiger partial charge in [0.05, 0.1) is 10.7 Å². The summed E-state index contributed by atoms with van der Waals surface area (Å²) < 4.78 is 1.76. The van der Waals surface area contributed by atoms with Crippen LogP contribution in [0.1, 0.15) is 20.3 Å². The molecule has 0 unspecified atom stereocenters. The van der Waals surface area contributed by atoms with E-state index >= 15 is 0 Å². The zero-order valence-corrected chi connectivity index (χ0v) is 11.2. The minimum Gasteiger partial charge on any atom is -0.398 e. The first-order valence-electron chi connectivity index (χ1n) is 5.90. The number of aromatic nitrogens is 4. The molecule has 0 radical (unpaired) electrons. The van der Waals surface area contributed by atoms with Crippen LogP contribution in [0.2, 0.25) is 5.02 Å². The largest absolute Gasteiger partial charge is 0.398 e. The monoisotopic (exact) mass is 265 g/mol. The Balaban J connectivity index is 2.33. The summed E-state index contributed by atoms with van der Waals surface area (Å²) in [5.41, 5.74) is 7.09. The fourth-order valence-corrected chi connectivity index (χ4v) is 1.86. The molecule has 6 heteroatoms. The molecule has 0 bridgehead atoms. The normalized spacial score (nSPS) is 11.1. The maximum atomic E-state index is 6.19. The Morgan fingerprint density at radius 3 is 2.89 bits per heavy atom. The first kappa shape index (κ1) is 12.8. The lowest BCUT2D eigenvalue weighted by Gasteiger charge is -2.08. The highest BCUT2D eigenvalue weighted by molar-refractivity contribution is 6.35. The van der Waals surface area contributed by atoms with Gasteiger partial charge in [0.15, 0.2) is 5.82 Å². The van der Waals surface area contributed by atoms with Gasteiger partial charge in [-0.15, -0.1) is 5.10 Å². The van der Waals surface area contributed by atoms with Gasteiger partial charge in [-0.05, 0) is 34.9 Å². The number of benzene rings is 1. The Labute approximate surface area is 111 Å². The molecule has 2 aromatic rings. The van der Waals surface area contributed by atoms with E-state index in [-0.39, 0.29) is 0 Å². The predicted molar refractivity (Wildman–Crippen MR) is 72.1 cm³/mol. The summed E-state index contributed by atoms with van der Waals surface area (Å²) in [5.74, 6) is 1.26. The van der Waals surface area contributed by atoms with E-state index in [1.807, 2.05) is 12.1 Å². The minimum atomic E-state index is 0.498. The van der Waals surface area contributed by atoms with Gasteiger partial charge in [0.25, 0.3) is 0 Å². The Bertz CT molecular complexity index is 535. The van der Waals surface area contributed by atoms with E-state index < -0.39 is 0 Å². The summed E-state index contributed by atoms with van der Waals surface area (Å²) in [6.45, 7) is 5.10. The zero-order chi connectivity index (χ0) is 13.1. The van der Waals surface area contributed by atoms with Gasteiger partial charge >= 0.3 is 0 Å². The lowest BCUT2D eigenvalue weighted by atomic mass is 10.1. The molecule has 0 spiro atoms. The maximum Gasteiger partial charge on any atom is 0.183 e. The van der Waals surface area contributed by atoms with E-state index in [1.165, 1.54) is 0 Å². The quantitative estimate of drug-likeness (QED) is 0.863. The second kappa shape index (κ2) is 5.35. The number of rotatable bonds is 4. The fourth-order valence-electron chi connectivity index (χ4n) is 1.65. The first-order valence-corrected chi connectivity index (χ1v) is 6.28. The van der Waals surface area contributed by atoms with Crippen molar-refractivity contribution >= 4 is 17.3 Å². The van der Waals surface area contributed by atoms with E-state index in [0.717, 1.165) is 18.5 Å². The number of nitrogens with zero attached hydrogens (tertiary/aromatic N) is 4. The van der Waals surface area contributed by atoms with Crippen LogP contribution >= 0.6 is 11.6 Å². The first-order chi connectivity index (χ1) is 8.59. The van der Waals surface area contributed by atoms with Gasteiger partial charge in [-0.1, -0.05) is 31.5 Å². The molecule has 0 amide bonds. The van der Waals surface area contributed by atoms with Gasteiger partial charge in [0, 0.05) is 12.1 Å². The van der Waals surface area contributed by atoms with Crippen LogP contribution in [0.5, 0.6) is 0 Å². The average Bonchev–Trinajstić information content (AvgIpc) is 2.78. The van der Waals surface area contributed by atoms with Gasteiger partial charge in [-0.25, -0.2) is 4.68 Å². The molecule has 0 aliphatic heterocycles. The molecule has 0 atom stereocenters. The van der Waals surface area contributed by atoms with Crippen molar-refractivity contribution in [2.24, 2.45) is 5.92 Å². The molecule has 0 fully saturated rings. The van der Waals surface area contributed by atoms with Gasteiger partial charge in [0.2, 0.25) is 0 Å². The molecule has 0 aliphatic rings. The van der Waals surface area contributed by atoms with Gasteiger partial charge in [0.1, 0.15) is 0 Å². The topological polar surface area (TPSA) is 69.6 Å². The third-order valence-electron chi connectivity index (χ3n) is 2.72. The molecular formula is C12H16ClN5. The van der Waals surface area contributed by atoms with Crippen molar-refractivity contribution in [3.05, 3.63) is 23.2 Å². The average molecular weight is 266 g/mol. The van der Waals surface area contributed by atoms with Crippen molar-refractivity contribution in [1.29, 1.82) is 0 Å². The number of hydrogen-bond acceptors (Lipinski definition) is 4. The molecule has 0 saturated heterocycles. The standard InChI is InChI=1S/C12H16ClN5/c1-8(2)6-7-18-12(15-16-17-18)9-4-3-5-10(14)11(9)13/h3-5,8H,6-7,14H2,1-2H3. The Hall–Kier alpha value is -1.62. The van der Waals surface area contributed by atoms with E-state index in [0.29, 0.717) is 22.5 Å². The molecular weight excluding hydrogens is 250 g/mol. The highest BCUT2D eigenvalue weighted by atomic mass is 35.5. The van der Waals surface area contributed by atoms with Crippen molar-refractivity contribution in [2.75, 3.05) is 5.73 Å². The number of aryl methyl sites for hydroxylation is 1. The SMILES string of the molecule is CC(C)CCn1nnnc1-c1cccc(N)c1Cl. The van der Waals surface area contributed by atoms with Gasteiger partial charge in [-0.3, -0.25) is 0 Å². The van der Waals surface area contributed by atoms with Gasteiger partial charge in [-0.2, -0.15) is 0 Å². The number of nitrogen functional groups attached to an aromatic ring is 1. The van der Waals surface area contributed by atoms with E-state index in [2.05, 4.69) is 29.4 Å². The molecule has 18 heavy (non-hydrogen) atoms. The van der Waals surface area contributed by atoms with E-state index in [9.17, 15) is 0 Å². The smallest absolute Gasteiger partial charge is 0.183 e. The summed E-state index contributed by atoms with van der Waals surface area (Å²) in [6, 6.07) is 5.47. The lowest BCUT2D eigenvalue weighted by molar-refractivity contribution is 0.481. The number of tetrazole rings is 1. The summed E-state index contributed by atoms with van der Waals surface area (Å²) in [7, 11) is 0. The number of nitrogens with two attached hydrogens (primary N) is 1. The van der Waals surface area contributed by atoms with Crippen LogP contribution in [-0.2, 0) is 6.54 Å². The van der Waals surface area contributed by atoms with Crippen molar-refractivity contribution in [3.8, 4) is 11.4 Å². The van der Waals surface area contributed by atoms with E-state index in [4.69, 9.17) is 17.3 Å². The number of halogens is 1. The zero-order valence-electron chi connectivity index (χ0n) is 10.5. The summed E-state index contributed by atoms with van der Waals surface area (Å²) >= 11 is 6.19. The van der Waals surface area contributed by atoms with Crippen molar-refractivity contribution < 1.29 is 0 Å². The molecule has 0 aliphatic carbocycles. The third-order valence-corrected chi connectivity index (χ3v) is 3.14. The summed E-state index contributed by atoms with van der Waals surface area (Å²) in [5, 5.41) is 12.2. The molecule has 2 N–H and O–H groups in total. The Kier molecular flexibility index (Phi) is 3.81. The number of hydrogen-bond donors (Lipinski definition) is 1. The lowest BCUT2D eigenvalue weighted by Crippen LogP contribution is -2.06. The fraction of sp³-hybridized carbons (Fsp3) is 0.417.